The van der Waals surface area contributed by atoms with Gasteiger partial charge in [0.05, 0.1) is 21.8 Å². The van der Waals surface area contributed by atoms with Gasteiger partial charge in [-0.25, -0.2) is 15.0 Å². The van der Waals surface area contributed by atoms with Crippen LogP contribution < -0.4 is 11.1 Å². The molecular formula is C19H14IN5S. The summed E-state index contributed by atoms with van der Waals surface area (Å²) >= 11 is 3.82. The van der Waals surface area contributed by atoms with Gasteiger partial charge in [0.2, 0.25) is 5.95 Å². The average Bonchev–Trinajstić information content (AvgIpc) is 3.12. The van der Waals surface area contributed by atoms with E-state index in [-0.39, 0.29) is 0 Å². The third-order valence-corrected chi connectivity index (χ3v) is 5.27. The topological polar surface area (TPSA) is 76.7 Å². The standard InChI is InChI=1S/C19H14IN5S/c20-12-4-3-5-13(10-12)24-19-22-9-8-16(25-19)18-17(23-11-26-18)14-6-1-2-7-15(14)21/h1-11H,21H2,(H,22,24,25). The van der Waals surface area contributed by atoms with Crippen LogP contribution >= 0.6 is 33.9 Å². The van der Waals surface area contributed by atoms with Gasteiger partial charge in [-0.2, -0.15) is 0 Å². The third kappa shape index (κ3) is 3.54. The van der Waals surface area contributed by atoms with Gasteiger partial charge in [0.15, 0.2) is 0 Å². The van der Waals surface area contributed by atoms with E-state index in [9.17, 15) is 0 Å². The lowest BCUT2D eigenvalue weighted by Gasteiger charge is -2.08. The van der Waals surface area contributed by atoms with Crippen molar-refractivity contribution in [3.05, 3.63) is 69.9 Å². The van der Waals surface area contributed by atoms with E-state index in [1.165, 1.54) is 11.3 Å². The maximum Gasteiger partial charge on any atom is 0.227 e. The van der Waals surface area contributed by atoms with Crippen molar-refractivity contribution in [1.82, 2.24) is 15.0 Å². The zero-order valence-electron chi connectivity index (χ0n) is 13.6. The second-order valence-electron chi connectivity index (χ2n) is 5.52. The van der Waals surface area contributed by atoms with Crippen LogP contribution in [0.15, 0.2) is 66.3 Å². The van der Waals surface area contributed by atoms with Crippen LogP contribution in [0.25, 0.3) is 21.8 Å². The third-order valence-electron chi connectivity index (χ3n) is 3.75. The van der Waals surface area contributed by atoms with Crippen molar-refractivity contribution in [2.24, 2.45) is 0 Å². The Morgan fingerprint density at radius 1 is 1.00 bits per heavy atom. The van der Waals surface area contributed by atoms with Gasteiger partial charge in [-0.1, -0.05) is 24.3 Å². The van der Waals surface area contributed by atoms with E-state index in [1.807, 2.05) is 60.1 Å². The number of hydrogen-bond donors (Lipinski definition) is 2. The molecule has 2 aromatic carbocycles. The second-order valence-corrected chi connectivity index (χ2v) is 7.62. The first kappa shape index (κ1) is 16.9. The van der Waals surface area contributed by atoms with E-state index in [1.54, 1.807) is 6.20 Å². The Morgan fingerprint density at radius 2 is 1.88 bits per heavy atom. The molecule has 4 aromatic rings. The number of hydrogen-bond acceptors (Lipinski definition) is 6. The molecule has 0 fully saturated rings. The average molecular weight is 471 g/mol. The Balaban J connectivity index is 1.70. The molecule has 2 heterocycles. The molecular weight excluding hydrogens is 457 g/mol. The Hall–Kier alpha value is -2.52. The molecule has 26 heavy (non-hydrogen) atoms. The highest BCUT2D eigenvalue weighted by molar-refractivity contribution is 14.1. The second kappa shape index (κ2) is 7.38. The highest BCUT2D eigenvalue weighted by Gasteiger charge is 2.14. The predicted molar refractivity (Wildman–Crippen MR) is 115 cm³/mol. The molecule has 0 unspecified atom stereocenters. The van der Waals surface area contributed by atoms with Crippen LogP contribution in [0.1, 0.15) is 0 Å². The number of anilines is 3. The minimum atomic E-state index is 0.546. The fraction of sp³-hybridized carbons (Fsp3) is 0. The first-order valence-corrected chi connectivity index (χ1v) is 9.81. The largest absolute Gasteiger partial charge is 0.398 e. The van der Waals surface area contributed by atoms with Gasteiger partial charge in [0, 0.05) is 26.7 Å². The van der Waals surface area contributed by atoms with Crippen molar-refractivity contribution < 1.29 is 0 Å². The molecule has 2 aromatic heterocycles. The Kier molecular flexibility index (Phi) is 4.81. The molecule has 7 heteroatoms. The number of nitrogens with two attached hydrogens (primary N) is 1. The summed E-state index contributed by atoms with van der Waals surface area (Å²) in [5.41, 5.74) is 12.2. The van der Waals surface area contributed by atoms with Crippen LogP contribution in [0, 0.1) is 3.57 Å². The Labute approximate surface area is 168 Å². The van der Waals surface area contributed by atoms with Gasteiger partial charge in [-0.3, -0.25) is 0 Å². The maximum absolute atomic E-state index is 6.12. The van der Waals surface area contributed by atoms with Gasteiger partial charge < -0.3 is 11.1 Å². The van der Waals surface area contributed by atoms with Crippen LogP contribution in [0.2, 0.25) is 0 Å². The van der Waals surface area contributed by atoms with Gasteiger partial charge in [-0.15, -0.1) is 11.3 Å². The van der Waals surface area contributed by atoms with Crippen LogP contribution in [-0.4, -0.2) is 15.0 Å². The van der Waals surface area contributed by atoms with E-state index in [2.05, 4.69) is 42.9 Å². The number of benzene rings is 2. The van der Waals surface area contributed by atoms with E-state index in [4.69, 9.17) is 5.73 Å². The molecule has 0 amide bonds. The van der Waals surface area contributed by atoms with Crippen molar-refractivity contribution in [2.45, 2.75) is 0 Å². The molecule has 0 bridgehead atoms. The van der Waals surface area contributed by atoms with Crippen molar-refractivity contribution in [3.63, 3.8) is 0 Å². The number of para-hydroxylation sites is 1. The predicted octanol–water partition coefficient (Wildman–Crippen LogP) is 5.20. The summed E-state index contributed by atoms with van der Waals surface area (Å²) in [7, 11) is 0. The van der Waals surface area contributed by atoms with E-state index in [0.29, 0.717) is 11.6 Å². The monoisotopic (exact) mass is 471 g/mol. The molecule has 128 valence electrons. The Morgan fingerprint density at radius 3 is 2.73 bits per heavy atom. The zero-order valence-corrected chi connectivity index (χ0v) is 16.5. The molecule has 4 rings (SSSR count). The minimum absolute atomic E-state index is 0.546. The van der Waals surface area contributed by atoms with Crippen molar-refractivity contribution in [1.29, 1.82) is 0 Å². The summed E-state index contributed by atoms with van der Waals surface area (Å²) in [5.74, 6) is 0.546. The fourth-order valence-electron chi connectivity index (χ4n) is 2.57. The van der Waals surface area contributed by atoms with Gasteiger partial charge in [-0.05, 0) is 52.9 Å². The van der Waals surface area contributed by atoms with Crippen LogP contribution in [0.3, 0.4) is 0 Å². The van der Waals surface area contributed by atoms with Crippen LogP contribution in [0.5, 0.6) is 0 Å². The SMILES string of the molecule is Nc1ccccc1-c1ncsc1-c1ccnc(Nc2cccc(I)c2)n1. The molecule has 0 spiro atoms. The molecule has 0 saturated heterocycles. The van der Waals surface area contributed by atoms with Crippen molar-refractivity contribution >= 4 is 51.3 Å². The summed E-state index contributed by atoms with van der Waals surface area (Å²) in [6, 6.07) is 17.7. The molecule has 3 N–H and O–H groups in total. The van der Waals surface area contributed by atoms with Gasteiger partial charge in [0.1, 0.15) is 0 Å². The number of aromatic nitrogens is 3. The van der Waals surface area contributed by atoms with Gasteiger partial charge >= 0.3 is 0 Å². The highest BCUT2D eigenvalue weighted by atomic mass is 127. The van der Waals surface area contributed by atoms with Crippen LogP contribution in [-0.2, 0) is 0 Å². The summed E-state index contributed by atoms with van der Waals surface area (Å²) in [6.07, 6.45) is 1.75. The molecule has 0 aliphatic carbocycles. The summed E-state index contributed by atoms with van der Waals surface area (Å²) < 4.78 is 1.15. The number of nitrogens with one attached hydrogen (secondary N) is 1. The molecule has 0 aliphatic heterocycles. The fourth-order valence-corrected chi connectivity index (χ4v) is 3.89. The van der Waals surface area contributed by atoms with E-state index in [0.717, 1.165) is 31.1 Å². The number of rotatable bonds is 4. The van der Waals surface area contributed by atoms with Crippen LogP contribution in [0.4, 0.5) is 17.3 Å². The molecule has 0 radical (unpaired) electrons. The first-order valence-electron chi connectivity index (χ1n) is 7.85. The summed E-state index contributed by atoms with van der Waals surface area (Å²) in [4.78, 5) is 14.5. The number of thiazole rings is 1. The first-order chi connectivity index (χ1) is 12.7. The number of halogens is 1. The summed E-state index contributed by atoms with van der Waals surface area (Å²) in [6.45, 7) is 0. The lowest BCUT2D eigenvalue weighted by Crippen LogP contribution is -1.98. The quantitative estimate of drug-likeness (QED) is 0.316. The number of nitrogens with zero attached hydrogens (tertiary/aromatic N) is 3. The highest BCUT2D eigenvalue weighted by Crippen LogP contribution is 2.36. The summed E-state index contributed by atoms with van der Waals surface area (Å²) in [5, 5.41) is 3.25. The molecule has 0 aliphatic rings. The lowest BCUT2D eigenvalue weighted by atomic mass is 10.1. The molecule has 0 atom stereocenters. The minimum Gasteiger partial charge on any atom is -0.398 e. The maximum atomic E-state index is 6.12. The van der Waals surface area contributed by atoms with Crippen molar-refractivity contribution in [2.75, 3.05) is 11.1 Å². The number of nitrogen functional groups attached to an aromatic ring is 1. The van der Waals surface area contributed by atoms with Gasteiger partial charge in [0.25, 0.3) is 0 Å². The lowest BCUT2D eigenvalue weighted by molar-refractivity contribution is 1.17. The Bertz CT molecular complexity index is 1060. The van der Waals surface area contributed by atoms with E-state index < -0.39 is 0 Å². The van der Waals surface area contributed by atoms with E-state index >= 15 is 0 Å². The smallest absolute Gasteiger partial charge is 0.227 e. The molecule has 0 saturated carbocycles. The normalized spacial score (nSPS) is 10.7. The zero-order chi connectivity index (χ0) is 17.9. The molecule has 5 nitrogen and oxygen atoms in total. The van der Waals surface area contributed by atoms with Crippen molar-refractivity contribution in [3.8, 4) is 21.8 Å².